The van der Waals surface area contributed by atoms with Crippen molar-refractivity contribution in [2.24, 2.45) is 0 Å². The van der Waals surface area contributed by atoms with Gasteiger partial charge in [-0.25, -0.2) is 4.68 Å². The Morgan fingerprint density at radius 3 is 2.25 bits per heavy atom. The lowest BCUT2D eigenvalue weighted by Gasteiger charge is -2.21. The number of ether oxygens (including phenoxy) is 2. The van der Waals surface area contributed by atoms with E-state index in [1.54, 1.807) is 6.20 Å². The van der Waals surface area contributed by atoms with Crippen LogP contribution in [0.1, 0.15) is 37.5 Å². The first kappa shape index (κ1) is 24.2. The fourth-order valence-corrected chi connectivity index (χ4v) is 4.25. The zero-order valence-corrected chi connectivity index (χ0v) is 20.9. The Morgan fingerprint density at radius 2 is 1.66 bits per heavy atom. The highest BCUT2D eigenvalue weighted by Crippen LogP contribution is 2.32. The highest BCUT2D eigenvalue weighted by molar-refractivity contribution is 7.99. The molecular weight excluding hydrogens is 444 g/mol. The summed E-state index contributed by atoms with van der Waals surface area (Å²) < 4.78 is 13.4. The Labute approximate surface area is 198 Å². The summed E-state index contributed by atoms with van der Waals surface area (Å²) in [5.74, 6) is 3.07. The Morgan fingerprint density at radius 1 is 1.03 bits per heavy atom. The number of nitrogens with zero attached hydrogens (tertiary/aromatic N) is 2. The van der Waals surface area contributed by atoms with E-state index < -0.39 is 5.54 Å². The normalized spacial score (nSPS) is 11.5. The van der Waals surface area contributed by atoms with Crippen LogP contribution in [0.3, 0.4) is 0 Å². The first-order valence-electron chi connectivity index (χ1n) is 10.5. The number of hydrogen-bond donors (Lipinski definition) is 0. The van der Waals surface area contributed by atoms with Gasteiger partial charge >= 0.3 is 0 Å². The summed E-state index contributed by atoms with van der Waals surface area (Å²) in [4.78, 5) is 13.1. The third kappa shape index (κ3) is 5.87. The molecule has 1 heterocycles. The van der Waals surface area contributed by atoms with Gasteiger partial charge in [-0.15, -0.1) is 11.8 Å². The molecule has 0 aliphatic carbocycles. The second-order valence-corrected chi connectivity index (χ2v) is 10.2. The summed E-state index contributed by atoms with van der Waals surface area (Å²) in [6.07, 6.45) is 1.65. The summed E-state index contributed by atoms with van der Waals surface area (Å²) in [5, 5.41) is 4.47. The van der Waals surface area contributed by atoms with Gasteiger partial charge in [-0.3, -0.25) is 4.79 Å². The number of thioether (sulfide) groups is 1. The maximum atomic E-state index is 12.5. The number of benzene rings is 2. The fraction of sp³-hybridized carbons (Fsp3) is 0.360. The van der Waals surface area contributed by atoms with E-state index in [9.17, 15) is 4.79 Å². The number of aryl methyl sites for hydroxylation is 3. The molecule has 2 aromatic carbocycles. The molecule has 0 aliphatic rings. The molecule has 5 nitrogen and oxygen atoms in total. The zero-order valence-electron chi connectivity index (χ0n) is 19.4. The molecule has 0 radical (unpaired) electrons. The Kier molecular flexibility index (Phi) is 7.57. The van der Waals surface area contributed by atoms with Crippen molar-refractivity contribution in [1.29, 1.82) is 0 Å². The molecule has 0 fully saturated rings. The Balaban J connectivity index is 1.61. The highest BCUT2D eigenvalue weighted by Gasteiger charge is 2.19. The van der Waals surface area contributed by atoms with Gasteiger partial charge in [0.15, 0.2) is 0 Å². The number of aromatic nitrogens is 2. The maximum Gasteiger partial charge on any atom is 0.287 e. The minimum Gasteiger partial charge on any atom is -0.492 e. The van der Waals surface area contributed by atoms with Gasteiger partial charge in [0.05, 0.1) is 23.2 Å². The molecular formula is C25H29ClN2O3S. The number of hydrogen-bond acceptors (Lipinski definition) is 5. The van der Waals surface area contributed by atoms with E-state index in [0.717, 1.165) is 28.4 Å². The molecule has 1 aromatic heterocycles. The minimum absolute atomic E-state index is 0.199. The predicted octanol–water partition coefficient (Wildman–Crippen LogP) is 6.54. The molecule has 3 aromatic rings. The monoisotopic (exact) mass is 472 g/mol. The second kappa shape index (κ2) is 10.0. The van der Waals surface area contributed by atoms with E-state index in [-0.39, 0.29) is 10.6 Å². The average molecular weight is 473 g/mol. The predicted molar refractivity (Wildman–Crippen MR) is 132 cm³/mol. The van der Waals surface area contributed by atoms with Crippen LogP contribution >= 0.6 is 23.4 Å². The van der Waals surface area contributed by atoms with Crippen molar-refractivity contribution in [1.82, 2.24) is 9.78 Å². The number of halogens is 1. The average Bonchev–Trinajstić information content (AvgIpc) is 2.70. The standard InChI is InChI=1S/C25H29ClN2O3S/c1-16-7-9-19(10-8-16)31-20-13-17(2)23(18(3)14-20)30-11-12-32-21-15-27-28(25(4,5)6)24(29)22(21)26/h7-10,13-15H,11-12H2,1-6H3. The van der Waals surface area contributed by atoms with Crippen molar-refractivity contribution >= 4 is 23.4 Å². The number of rotatable bonds is 7. The van der Waals surface area contributed by atoms with Crippen molar-refractivity contribution in [3.05, 3.63) is 74.7 Å². The first-order chi connectivity index (χ1) is 15.1. The molecule has 0 unspecified atom stereocenters. The lowest BCUT2D eigenvalue weighted by molar-refractivity contribution is 0.335. The third-order valence-corrected chi connectivity index (χ3v) is 6.27. The topological polar surface area (TPSA) is 53.4 Å². The molecule has 0 spiro atoms. The van der Waals surface area contributed by atoms with Crippen LogP contribution < -0.4 is 15.0 Å². The Bertz CT molecular complexity index is 1130. The van der Waals surface area contributed by atoms with Crippen molar-refractivity contribution in [2.45, 2.75) is 52.0 Å². The Hall–Kier alpha value is -2.44. The summed E-state index contributed by atoms with van der Waals surface area (Å²) in [7, 11) is 0. The van der Waals surface area contributed by atoms with Crippen LogP contribution in [0, 0.1) is 20.8 Å². The molecule has 7 heteroatoms. The van der Waals surface area contributed by atoms with Crippen LogP contribution in [0.5, 0.6) is 17.2 Å². The minimum atomic E-state index is -0.419. The molecule has 3 rings (SSSR count). The summed E-state index contributed by atoms with van der Waals surface area (Å²) in [5.41, 5.74) is 2.51. The van der Waals surface area contributed by atoms with Crippen molar-refractivity contribution < 1.29 is 9.47 Å². The third-order valence-electron chi connectivity index (χ3n) is 4.80. The summed E-state index contributed by atoms with van der Waals surface area (Å²) >= 11 is 7.75. The van der Waals surface area contributed by atoms with Crippen molar-refractivity contribution in [3.8, 4) is 17.2 Å². The van der Waals surface area contributed by atoms with Gasteiger partial charge < -0.3 is 9.47 Å². The van der Waals surface area contributed by atoms with E-state index in [0.29, 0.717) is 17.3 Å². The molecule has 0 bridgehead atoms. The van der Waals surface area contributed by atoms with Crippen LogP contribution in [0.2, 0.25) is 5.02 Å². The molecule has 170 valence electrons. The highest BCUT2D eigenvalue weighted by atomic mass is 35.5. The molecule has 32 heavy (non-hydrogen) atoms. The smallest absolute Gasteiger partial charge is 0.287 e. The molecule has 0 saturated heterocycles. The quantitative estimate of drug-likeness (QED) is 0.288. The van der Waals surface area contributed by atoms with Crippen LogP contribution in [-0.2, 0) is 5.54 Å². The van der Waals surface area contributed by atoms with Gasteiger partial charge in [-0.2, -0.15) is 5.10 Å². The van der Waals surface area contributed by atoms with Crippen LogP contribution in [0.15, 0.2) is 52.3 Å². The van der Waals surface area contributed by atoms with Crippen LogP contribution in [-0.4, -0.2) is 22.1 Å². The van der Waals surface area contributed by atoms with Crippen molar-refractivity contribution in [3.63, 3.8) is 0 Å². The molecule has 0 amide bonds. The lowest BCUT2D eigenvalue weighted by Crippen LogP contribution is -2.36. The van der Waals surface area contributed by atoms with E-state index in [1.807, 2.05) is 77.9 Å². The van der Waals surface area contributed by atoms with Crippen LogP contribution in [0.25, 0.3) is 0 Å². The largest absolute Gasteiger partial charge is 0.492 e. The summed E-state index contributed by atoms with van der Waals surface area (Å²) in [6, 6.07) is 11.9. The fourth-order valence-electron chi connectivity index (χ4n) is 3.23. The van der Waals surface area contributed by atoms with E-state index in [1.165, 1.54) is 22.0 Å². The van der Waals surface area contributed by atoms with Crippen LogP contribution in [0.4, 0.5) is 0 Å². The van der Waals surface area contributed by atoms with Gasteiger partial charge in [-0.1, -0.05) is 29.3 Å². The molecule has 0 aliphatic heterocycles. The SMILES string of the molecule is Cc1ccc(Oc2cc(C)c(OCCSc3cnn(C(C)(C)C)c(=O)c3Cl)c(C)c2)cc1. The van der Waals surface area contributed by atoms with Gasteiger partial charge in [0.1, 0.15) is 22.3 Å². The van der Waals surface area contributed by atoms with Gasteiger partial charge in [-0.05, 0) is 76.9 Å². The van der Waals surface area contributed by atoms with E-state index in [2.05, 4.69) is 5.10 Å². The lowest BCUT2D eigenvalue weighted by atomic mass is 10.1. The second-order valence-electron chi connectivity index (χ2n) is 8.71. The maximum absolute atomic E-state index is 12.5. The van der Waals surface area contributed by atoms with E-state index >= 15 is 0 Å². The zero-order chi connectivity index (χ0) is 23.5. The van der Waals surface area contributed by atoms with E-state index in [4.69, 9.17) is 21.1 Å². The van der Waals surface area contributed by atoms with Gasteiger partial charge in [0.2, 0.25) is 0 Å². The van der Waals surface area contributed by atoms with Gasteiger partial charge in [0, 0.05) is 5.75 Å². The summed E-state index contributed by atoms with van der Waals surface area (Å²) in [6.45, 7) is 12.3. The van der Waals surface area contributed by atoms with Gasteiger partial charge in [0.25, 0.3) is 5.56 Å². The van der Waals surface area contributed by atoms with Crippen molar-refractivity contribution in [2.75, 3.05) is 12.4 Å². The molecule has 0 atom stereocenters. The molecule has 0 saturated carbocycles. The first-order valence-corrected chi connectivity index (χ1v) is 11.8. The molecule has 0 N–H and O–H groups in total.